The fourth-order valence-electron chi connectivity index (χ4n) is 0.991. The molecule has 0 aliphatic heterocycles. The molecule has 0 aromatic carbocycles. The van der Waals surface area contributed by atoms with Gasteiger partial charge in [0, 0.05) is 6.54 Å². The zero-order valence-electron chi connectivity index (χ0n) is 8.46. The van der Waals surface area contributed by atoms with Crippen molar-refractivity contribution in [3.05, 3.63) is 0 Å². The van der Waals surface area contributed by atoms with E-state index in [0.717, 1.165) is 12.8 Å². The molecule has 14 heavy (non-hydrogen) atoms. The minimum Gasteiger partial charge on any atom is -0.214 e. The second kappa shape index (κ2) is 8.83. The van der Waals surface area contributed by atoms with Gasteiger partial charge in [-0.3, -0.25) is 0 Å². The number of sulfonamides is 1. The molecule has 0 heterocycles. The van der Waals surface area contributed by atoms with Crippen molar-refractivity contribution in [3.8, 4) is 0 Å². The predicted octanol–water partition coefficient (Wildman–Crippen LogP) is 2.03. The maximum atomic E-state index is 10.9. The Balaban J connectivity index is 3.22. The van der Waals surface area contributed by atoms with E-state index in [9.17, 15) is 8.42 Å². The van der Waals surface area contributed by atoms with Crippen molar-refractivity contribution in [2.75, 3.05) is 23.8 Å². The van der Waals surface area contributed by atoms with E-state index in [2.05, 4.69) is 11.0 Å². The Morgan fingerprint density at radius 1 is 1.21 bits per heavy atom. The molecule has 0 amide bonds. The quantitative estimate of drug-likeness (QED) is 0.509. The molecule has 0 radical (unpaired) electrons. The van der Waals surface area contributed by atoms with Gasteiger partial charge < -0.3 is 0 Å². The van der Waals surface area contributed by atoms with Gasteiger partial charge in [-0.05, 0) is 24.9 Å². The van der Waals surface area contributed by atoms with Crippen LogP contribution < -0.4 is 4.72 Å². The minimum absolute atomic E-state index is 0.348. The van der Waals surface area contributed by atoms with Gasteiger partial charge in [0.2, 0.25) is 10.0 Å². The molecule has 0 saturated heterocycles. The Labute approximate surface area is 96.0 Å². The first-order chi connectivity index (χ1) is 6.62. The van der Waals surface area contributed by atoms with Crippen molar-refractivity contribution in [1.29, 1.82) is 0 Å². The lowest BCUT2D eigenvalue weighted by atomic mass is 10.2. The maximum absolute atomic E-state index is 10.9. The lowest BCUT2D eigenvalue weighted by Crippen LogP contribution is -2.25. The van der Waals surface area contributed by atoms with Crippen LogP contribution in [0.4, 0.5) is 0 Å². The summed E-state index contributed by atoms with van der Waals surface area (Å²) >= 11 is 7.07. The standard InChI is InChI=1S/C8H18ClNO2S2/c1-13-7-5-3-2-4-6-10-14(11,12)8-9/h10H,2-8H2,1H3. The SMILES string of the molecule is CSCCCCCCNS(=O)(=O)CCl. The van der Waals surface area contributed by atoms with Gasteiger partial charge in [0.15, 0.2) is 0 Å². The van der Waals surface area contributed by atoms with E-state index in [1.165, 1.54) is 18.6 Å². The van der Waals surface area contributed by atoms with E-state index in [4.69, 9.17) is 11.6 Å². The number of hydrogen-bond acceptors (Lipinski definition) is 3. The number of hydrogen-bond donors (Lipinski definition) is 1. The summed E-state index contributed by atoms with van der Waals surface area (Å²) in [4.78, 5) is 0. The highest BCUT2D eigenvalue weighted by Gasteiger charge is 2.05. The van der Waals surface area contributed by atoms with Crippen LogP contribution in [0.5, 0.6) is 0 Å². The molecule has 0 aliphatic carbocycles. The molecule has 0 spiro atoms. The summed E-state index contributed by atoms with van der Waals surface area (Å²) in [7, 11) is -3.21. The average molecular weight is 260 g/mol. The molecular weight excluding hydrogens is 242 g/mol. The molecule has 3 nitrogen and oxygen atoms in total. The maximum Gasteiger partial charge on any atom is 0.225 e. The van der Waals surface area contributed by atoms with E-state index < -0.39 is 10.0 Å². The molecule has 0 saturated carbocycles. The van der Waals surface area contributed by atoms with Crippen molar-refractivity contribution in [3.63, 3.8) is 0 Å². The van der Waals surface area contributed by atoms with E-state index in [1.807, 2.05) is 11.8 Å². The second-order valence-electron chi connectivity index (χ2n) is 3.03. The molecule has 0 atom stereocenters. The van der Waals surface area contributed by atoms with Crippen molar-refractivity contribution in [2.45, 2.75) is 25.7 Å². The van der Waals surface area contributed by atoms with Gasteiger partial charge in [0.05, 0.1) is 0 Å². The Hall–Kier alpha value is 0.550. The average Bonchev–Trinajstić information content (AvgIpc) is 2.16. The number of halogens is 1. The van der Waals surface area contributed by atoms with Crippen molar-refractivity contribution < 1.29 is 8.42 Å². The lowest BCUT2D eigenvalue weighted by molar-refractivity contribution is 0.578. The molecule has 0 rings (SSSR count). The number of alkyl halides is 1. The first kappa shape index (κ1) is 14.6. The number of nitrogens with one attached hydrogen (secondary N) is 1. The monoisotopic (exact) mass is 259 g/mol. The number of thioether (sulfide) groups is 1. The van der Waals surface area contributed by atoms with Gasteiger partial charge in [-0.2, -0.15) is 11.8 Å². The van der Waals surface area contributed by atoms with Crippen LogP contribution in [-0.4, -0.2) is 32.2 Å². The van der Waals surface area contributed by atoms with E-state index in [0.29, 0.717) is 6.54 Å². The van der Waals surface area contributed by atoms with Crippen molar-refractivity contribution >= 4 is 33.4 Å². The molecule has 0 unspecified atom stereocenters. The zero-order chi connectivity index (χ0) is 10.9. The summed E-state index contributed by atoms with van der Waals surface area (Å²) in [6.07, 6.45) is 6.44. The fourth-order valence-corrected chi connectivity index (χ4v) is 2.25. The molecule has 86 valence electrons. The summed E-state index contributed by atoms with van der Waals surface area (Å²) in [5.74, 6) is 1.19. The molecule has 0 aromatic heterocycles. The van der Waals surface area contributed by atoms with Gasteiger partial charge in [-0.25, -0.2) is 13.1 Å². The third-order valence-corrected chi connectivity index (χ3v) is 4.23. The zero-order valence-corrected chi connectivity index (χ0v) is 10.8. The van der Waals surface area contributed by atoms with Crippen LogP contribution in [0, 0.1) is 0 Å². The lowest BCUT2D eigenvalue weighted by Gasteiger charge is -2.03. The van der Waals surface area contributed by atoms with Crippen LogP contribution >= 0.6 is 23.4 Å². The van der Waals surface area contributed by atoms with E-state index in [1.54, 1.807) is 0 Å². The summed E-state index contributed by atoms with van der Waals surface area (Å²) < 4.78 is 24.2. The summed E-state index contributed by atoms with van der Waals surface area (Å²) in [5.41, 5.74) is 0. The Morgan fingerprint density at radius 3 is 2.43 bits per heavy atom. The Morgan fingerprint density at radius 2 is 1.86 bits per heavy atom. The molecule has 1 N–H and O–H groups in total. The third-order valence-electron chi connectivity index (χ3n) is 1.74. The summed E-state index contributed by atoms with van der Waals surface area (Å²) in [6.45, 7) is 0.508. The normalized spacial score (nSPS) is 11.9. The van der Waals surface area contributed by atoms with Crippen LogP contribution in [0.2, 0.25) is 0 Å². The second-order valence-corrected chi connectivity index (χ2v) is 6.40. The van der Waals surface area contributed by atoms with Crippen LogP contribution in [0.1, 0.15) is 25.7 Å². The molecule has 0 bridgehead atoms. The summed E-state index contributed by atoms with van der Waals surface area (Å²) in [6, 6.07) is 0. The fraction of sp³-hybridized carbons (Fsp3) is 1.00. The van der Waals surface area contributed by atoms with Crippen molar-refractivity contribution in [2.24, 2.45) is 0 Å². The van der Waals surface area contributed by atoms with Crippen LogP contribution in [0.15, 0.2) is 0 Å². The van der Waals surface area contributed by atoms with Crippen LogP contribution in [0.3, 0.4) is 0 Å². The molecule has 0 aromatic rings. The first-order valence-corrected chi connectivity index (χ1v) is 8.22. The van der Waals surface area contributed by atoms with Crippen molar-refractivity contribution in [1.82, 2.24) is 4.72 Å². The highest BCUT2D eigenvalue weighted by Crippen LogP contribution is 2.04. The largest absolute Gasteiger partial charge is 0.225 e. The van der Waals surface area contributed by atoms with Gasteiger partial charge >= 0.3 is 0 Å². The summed E-state index contributed by atoms with van der Waals surface area (Å²) in [5, 5.41) is -0.348. The Kier molecular flexibility index (Phi) is 9.17. The highest BCUT2D eigenvalue weighted by atomic mass is 35.5. The molecular formula is C8H18ClNO2S2. The molecule has 0 fully saturated rings. The van der Waals surface area contributed by atoms with Gasteiger partial charge in [0.25, 0.3) is 0 Å². The van der Waals surface area contributed by atoms with E-state index in [-0.39, 0.29) is 5.21 Å². The minimum atomic E-state index is -3.21. The first-order valence-electron chi connectivity index (χ1n) is 4.64. The molecule has 0 aliphatic rings. The van der Waals surface area contributed by atoms with Crippen LogP contribution in [-0.2, 0) is 10.0 Å². The molecule has 6 heteroatoms. The Bertz CT molecular complexity index is 219. The highest BCUT2D eigenvalue weighted by molar-refractivity contribution is 7.98. The van der Waals surface area contributed by atoms with Gasteiger partial charge in [-0.15, -0.1) is 11.6 Å². The number of rotatable bonds is 9. The smallest absolute Gasteiger partial charge is 0.214 e. The van der Waals surface area contributed by atoms with Gasteiger partial charge in [0.1, 0.15) is 5.21 Å². The van der Waals surface area contributed by atoms with E-state index >= 15 is 0 Å². The van der Waals surface area contributed by atoms with Crippen LogP contribution in [0.25, 0.3) is 0 Å². The predicted molar refractivity (Wildman–Crippen MR) is 64.5 cm³/mol. The topological polar surface area (TPSA) is 46.2 Å². The number of unbranched alkanes of at least 4 members (excludes halogenated alkanes) is 3. The third kappa shape index (κ3) is 9.12. The van der Waals surface area contributed by atoms with Gasteiger partial charge in [-0.1, -0.05) is 12.8 Å².